The molecule has 2 heterocycles. The van der Waals surface area contributed by atoms with Crippen molar-refractivity contribution in [2.75, 3.05) is 11.9 Å². The van der Waals surface area contributed by atoms with Crippen molar-refractivity contribution in [3.8, 4) is 0 Å². The fraction of sp³-hybridized carbons (Fsp3) is 0.828. The van der Waals surface area contributed by atoms with Crippen molar-refractivity contribution in [2.24, 2.45) is 0 Å². The van der Waals surface area contributed by atoms with Crippen LogP contribution < -0.4 is 11.0 Å². The molecule has 1 aliphatic rings. The number of nitrogens with zero attached hydrogens (tertiary/aromatic N) is 2. The molecule has 0 spiro atoms. The average Bonchev–Trinajstić information content (AvgIpc) is 3.22. The molecule has 2 rings (SSSR count). The second kappa shape index (κ2) is 19.6. The van der Waals surface area contributed by atoms with E-state index in [4.69, 9.17) is 14.5 Å². The summed E-state index contributed by atoms with van der Waals surface area (Å²) in [5, 5.41) is 23.3. The molecule has 1 aromatic heterocycles. The van der Waals surface area contributed by atoms with E-state index in [-0.39, 0.29) is 11.7 Å². The first-order valence-corrected chi connectivity index (χ1v) is 17.2. The number of amides is 1. The molecule has 1 saturated heterocycles. The van der Waals surface area contributed by atoms with Crippen molar-refractivity contribution in [1.29, 1.82) is 0 Å². The van der Waals surface area contributed by atoms with E-state index in [9.17, 15) is 24.4 Å². The summed E-state index contributed by atoms with van der Waals surface area (Å²) in [6, 6.07) is 0. The minimum atomic E-state index is -4.82. The summed E-state index contributed by atoms with van der Waals surface area (Å²) in [5.41, 5.74) is -0.290. The SMILES string of the molecule is CCCCCCCCCCCCCCCCCC(=O)Nc1nc(=O)n([C@@H]2O[C@H](COP(=O)(O)O)[C@@H](O)[C@H]2O)cc1CC. The van der Waals surface area contributed by atoms with Gasteiger partial charge in [-0.2, -0.15) is 4.98 Å². The zero-order valence-electron chi connectivity index (χ0n) is 25.3. The third kappa shape index (κ3) is 13.3. The summed E-state index contributed by atoms with van der Waals surface area (Å²) in [5.74, 6) is -0.0922. The number of aliphatic hydroxyl groups is 2. The first kappa shape index (κ1) is 36.5. The Morgan fingerprint density at radius 1 is 0.929 bits per heavy atom. The Bertz CT molecular complexity index is 1030. The van der Waals surface area contributed by atoms with Gasteiger partial charge in [-0.25, -0.2) is 9.36 Å². The summed E-state index contributed by atoms with van der Waals surface area (Å²) in [6.45, 7) is 3.38. The number of hydrogen-bond acceptors (Lipinski definition) is 8. The summed E-state index contributed by atoms with van der Waals surface area (Å²) < 4.78 is 21.8. The van der Waals surface area contributed by atoms with Gasteiger partial charge in [0.25, 0.3) is 0 Å². The molecular formula is C29H52N3O9P. The maximum atomic E-state index is 12.7. The Balaban J connectivity index is 1.69. The molecular weight excluding hydrogens is 565 g/mol. The van der Waals surface area contributed by atoms with E-state index in [0.717, 1.165) is 23.8 Å². The number of aryl methyl sites for hydroxylation is 1. The van der Waals surface area contributed by atoms with Crippen molar-refractivity contribution in [3.63, 3.8) is 0 Å². The molecule has 0 aliphatic carbocycles. The monoisotopic (exact) mass is 617 g/mol. The van der Waals surface area contributed by atoms with Crippen molar-refractivity contribution in [2.45, 2.75) is 148 Å². The number of aromatic nitrogens is 2. The Morgan fingerprint density at radius 3 is 1.95 bits per heavy atom. The van der Waals surface area contributed by atoms with Crippen molar-refractivity contribution < 1.29 is 38.6 Å². The Labute approximate surface area is 249 Å². The normalized spacial score (nSPS) is 20.7. The van der Waals surface area contributed by atoms with E-state index in [1.54, 1.807) is 0 Å². The van der Waals surface area contributed by atoms with Gasteiger partial charge in [0.1, 0.15) is 24.1 Å². The van der Waals surface area contributed by atoms with Crippen LogP contribution in [-0.4, -0.2) is 60.4 Å². The number of carbonyl (C=O) groups is 1. The average molecular weight is 618 g/mol. The van der Waals surface area contributed by atoms with E-state index >= 15 is 0 Å². The topological polar surface area (TPSA) is 180 Å². The summed E-state index contributed by atoms with van der Waals surface area (Å²) in [4.78, 5) is 47.0. The Kier molecular flexibility index (Phi) is 17.0. The van der Waals surface area contributed by atoms with Gasteiger partial charge in [-0.1, -0.05) is 104 Å². The number of rotatable bonds is 22. The van der Waals surface area contributed by atoms with Crippen LogP contribution in [0.4, 0.5) is 5.82 Å². The summed E-state index contributed by atoms with van der Waals surface area (Å²) in [7, 11) is -4.82. The predicted molar refractivity (Wildman–Crippen MR) is 160 cm³/mol. The van der Waals surface area contributed by atoms with Gasteiger partial charge in [0.15, 0.2) is 6.23 Å². The molecule has 0 aromatic carbocycles. The number of anilines is 1. The van der Waals surface area contributed by atoms with Gasteiger partial charge in [-0.3, -0.25) is 13.9 Å². The lowest BCUT2D eigenvalue weighted by Crippen LogP contribution is -2.36. The van der Waals surface area contributed by atoms with Crippen LogP contribution >= 0.6 is 7.82 Å². The zero-order valence-corrected chi connectivity index (χ0v) is 26.2. The molecule has 0 unspecified atom stereocenters. The number of phosphoric acid groups is 1. The summed E-state index contributed by atoms with van der Waals surface area (Å²) >= 11 is 0. The lowest BCUT2D eigenvalue weighted by molar-refractivity contribution is -0.116. The maximum Gasteiger partial charge on any atom is 0.469 e. The van der Waals surface area contributed by atoms with Crippen LogP contribution in [0.25, 0.3) is 0 Å². The number of unbranched alkanes of at least 4 members (excludes halogenated alkanes) is 14. The first-order chi connectivity index (χ1) is 20.1. The van der Waals surface area contributed by atoms with Crippen LogP contribution in [0, 0.1) is 0 Å². The number of phosphoric ester groups is 1. The van der Waals surface area contributed by atoms with Gasteiger partial charge >= 0.3 is 13.5 Å². The maximum absolute atomic E-state index is 12.7. The van der Waals surface area contributed by atoms with Gasteiger partial charge < -0.3 is 30.1 Å². The third-order valence-corrected chi connectivity index (χ3v) is 8.18. The fourth-order valence-electron chi connectivity index (χ4n) is 5.18. The number of aliphatic hydroxyl groups excluding tert-OH is 2. The number of nitrogens with one attached hydrogen (secondary N) is 1. The molecule has 1 aromatic rings. The van der Waals surface area contributed by atoms with Crippen LogP contribution in [0.15, 0.2) is 11.0 Å². The highest BCUT2D eigenvalue weighted by atomic mass is 31.2. The smallest absolute Gasteiger partial charge is 0.387 e. The van der Waals surface area contributed by atoms with Gasteiger partial charge in [0, 0.05) is 18.2 Å². The van der Waals surface area contributed by atoms with E-state index < -0.39 is 44.7 Å². The highest BCUT2D eigenvalue weighted by molar-refractivity contribution is 7.46. The molecule has 1 amide bonds. The highest BCUT2D eigenvalue weighted by Gasteiger charge is 2.45. The lowest BCUT2D eigenvalue weighted by Gasteiger charge is -2.19. The summed E-state index contributed by atoms with van der Waals surface area (Å²) in [6.07, 6.45) is 15.0. The molecule has 0 saturated carbocycles. The van der Waals surface area contributed by atoms with E-state index in [1.807, 2.05) is 6.92 Å². The second-order valence-corrected chi connectivity index (χ2v) is 12.5. The zero-order chi connectivity index (χ0) is 31.0. The van der Waals surface area contributed by atoms with E-state index in [2.05, 4.69) is 21.7 Å². The van der Waals surface area contributed by atoms with Crippen LogP contribution in [0.5, 0.6) is 0 Å². The van der Waals surface area contributed by atoms with Gasteiger partial charge in [-0.15, -0.1) is 0 Å². The largest absolute Gasteiger partial charge is 0.469 e. The molecule has 42 heavy (non-hydrogen) atoms. The standard InChI is InChI=1S/C29H52N3O9P/c1-3-5-6-7-8-9-10-11-12-13-14-15-16-17-18-19-24(33)30-27-22(4-2)20-32(29(36)31-27)28-26(35)25(34)23(41-28)21-40-42(37,38)39/h20,23,25-26,28,34-35H,3-19,21H2,1-2H3,(H2,37,38,39)(H,30,31,33,36)/t23-,25-,26-,28-/m1/s1. The first-order valence-electron chi connectivity index (χ1n) is 15.7. The van der Waals surface area contributed by atoms with Crippen LogP contribution in [0.1, 0.15) is 128 Å². The van der Waals surface area contributed by atoms with Crippen molar-refractivity contribution >= 4 is 19.5 Å². The van der Waals surface area contributed by atoms with E-state index in [0.29, 0.717) is 18.4 Å². The molecule has 12 nitrogen and oxygen atoms in total. The predicted octanol–water partition coefficient (Wildman–Crippen LogP) is 4.73. The molecule has 0 radical (unpaired) electrons. The Morgan fingerprint density at radius 2 is 1.45 bits per heavy atom. The van der Waals surface area contributed by atoms with Gasteiger partial charge in [-0.05, 0) is 12.8 Å². The minimum absolute atomic E-state index is 0.138. The molecule has 1 fully saturated rings. The highest BCUT2D eigenvalue weighted by Crippen LogP contribution is 2.38. The number of ether oxygens (including phenoxy) is 1. The van der Waals surface area contributed by atoms with Crippen LogP contribution in [-0.2, 0) is 25.0 Å². The molecule has 1 aliphatic heterocycles. The quantitative estimate of drug-likeness (QED) is 0.0901. The van der Waals surface area contributed by atoms with Crippen molar-refractivity contribution in [1.82, 2.24) is 9.55 Å². The van der Waals surface area contributed by atoms with Crippen LogP contribution in [0.3, 0.4) is 0 Å². The molecule has 4 atom stereocenters. The Hall–Kier alpha value is -1.66. The fourth-order valence-corrected chi connectivity index (χ4v) is 5.52. The molecule has 13 heteroatoms. The number of hydrogen-bond donors (Lipinski definition) is 5. The van der Waals surface area contributed by atoms with Gasteiger partial charge in [0.05, 0.1) is 6.61 Å². The van der Waals surface area contributed by atoms with Crippen LogP contribution in [0.2, 0.25) is 0 Å². The van der Waals surface area contributed by atoms with Crippen molar-refractivity contribution in [3.05, 3.63) is 22.2 Å². The molecule has 242 valence electrons. The third-order valence-electron chi connectivity index (χ3n) is 7.69. The van der Waals surface area contributed by atoms with E-state index in [1.165, 1.54) is 83.2 Å². The second-order valence-electron chi connectivity index (χ2n) is 11.2. The lowest BCUT2D eigenvalue weighted by atomic mass is 10.0. The van der Waals surface area contributed by atoms with Gasteiger partial charge in [0.2, 0.25) is 5.91 Å². The molecule has 5 N–H and O–H groups in total. The number of carbonyl (C=O) groups excluding carboxylic acids is 1. The molecule has 0 bridgehead atoms. The minimum Gasteiger partial charge on any atom is -0.387 e.